The summed E-state index contributed by atoms with van der Waals surface area (Å²) < 4.78 is 2.68. The third kappa shape index (κ3) is 4.70. The average Bonchev–Trinajstić information content (AvgIpc) is 3.55. The van der Waals surface area contributed by atoms with E-state index in [9.17, 15) is 0 Å². The molecule has 0 spiro atoms. The van der Waals surface area contributed by atoms with Gasteiger partial charge in [0.2, 0.25) is 0 Å². The molecular weight excluding hydrogens is 623 g/mol. The molecule has 0 bridgehead atoms. The van der Waals surface area contributed by atoms with Gasteiger partial charge in [0.25, 0.3) is 0 Å². The minimum Gasteiger partial charge on any atom is -0.135 e. The lowest BCUT2D eigenvalue weighted by atomic mass is 9.59. The third-order valence-electron chi connectivity index (χ3n) is 12.3. The second-order valence-electron chi connectivity index (χ2n) is 14.7. The molecule has 0 nitrogen and oxygen atoms in total. The van der Waals surface area contributed by atoms with E-state index in [2.05, 4.69) is 172 Å². The van der Waals surface area contributed by atoms with Gasteiger partial charge in [-0.3, -0.25) is 0 Å². The molecule has 0 unspecified atom stereocenters. The van der Waals surface area contributed by atoms with Crippen LogP contribution in [0, 0.1) is 0 Å². The Balaban J connectivity index is 1.41. The van der Waals surface area contributed by atoms with Gasteiger partial charge in [0, 0.05) is 20.2 Å². The molecule has 0 atom stereocenters. The number of hydrogen-bond donors (Lipinski definition) is 0. The maximum absolute atomic E-state index is 2.42. The zero-order valence-corrected chi connectivity index (χ0v) is 31.6. The Kier molecular flexibility index (Phi) is 7.53. The van der Waals surface area contributed by atoms with Crippen molar-refractivity contribution < 1.29 is 0 Å². The molecule has 0 aliphatic carbocycles. The van der Waals surface area contributed by atoms with Crippen molar-refractivity contribution in [3.05, 3.63) is 109 Å². The first-order valence-electron chi connectivity index (χ1n) is 18.1. The standard InChI is InChI=1S/C42H34B8S/c43-35-31-28(21-15-13-20(14-16-21)24-9-5-11-27-30(24)25-8-3-4-10-26(25)51-27)32-34(38(46)42(50)40(48)36(32)44)29(33(31)37(45)41(49)39(35)47)23-17-12-19-6-1-2-7-22(19)18-23/h1-18H,43-50H2. The lowest BCUT2D eigenvalue weighted by Gasteiger charge is -2.28. The van der Waals surface area contributed by atoms with Crippen LogP contribution in [0.2, 0.25) is 0 Å². The van der Waals surface area contributed by atoms with Gasteiger partial charge >= 0.3 is 0 Å². The molecule has 1 heterocycles. The molecule has 0 radical (unpaired) electrons. The van der Waals surface area contributed by atoms with Crippen LogP contribution in [0.25, 0.3) is 85.9 Å². The fourth-order valence-corrected chi connectivity index (χ4v) is 10.0. The van der Waals surface area contributed by atoms with Crippen LogP contribution in [0.1, 0.15) is 0 Å². The Morgan fingerprint density at radius 1 is 0.333 bits per heavy atom. The minimum absolute atomic E-state index is 1.26. The van der Waals surface area contributed by atoms with E-state index in [-0.39, 0.29) is 0 Å². The molecule has 8 aromatic carbocycles. The molecule has 0 amide bonds. The van der Waals surface area contributed by atoms with Crippen molar-refractivity contribution in [3.63, 3.8) is 0 Å². The molecular formula is C42H34B8S. The molecule has 9 heteroatoms. The zero-order chi connectivity index (χ0) is 35.3. The van der Waals surface area contributed by atoms with Crippen molar-refractivity contribution in [1.82, 2.24) is 0 Å². The monoisotopic (exact) mass is 658 g/mol. The summed E-state index contributed by atoms with van der Waals surface area (Å²) in [6.45, 7) is 0. The van der Waals surface area contributed by atoms with E-state index >= 15 is 0 Å². The van der Waals surface area contributed by atoms with E-state index < -0.39 is 0 Å². The highest BCUT2D eigenvalue weighted by atomic mass is 32.1. The van der Waals surface area contributed by atoms with E-state index in [0.29, 0.717) is 0 Å². The van der Waals surface area contributed by atoms with E-state index in [1.54, 1.807) is 0 Å². The first-order valence-corrected chi connectivity index (χ1v) is 18.9. The molecule has 51 heavy (non-hydrogen) atoms. The average molecular weight is 657 g/mol. The number of fused-ring (bicyclic) bond motifs is 6. The summed E-state index contributed by atoms with van der Waals surface area (Å²) in [6, 6.07) is 40.9. The van der Waals surface area contributed by atoms with Crippen LogP contribution in [-0.2, 0) is 0 Å². The van der Waals surface area contributed by atoms with Crippen molar-refractivity contribution in [3.8, 4) is 33.4 Å². The van der Waals surface area contributed by atoms with Crippen molar-refractivity contribution in [2.75, 3.05) is 0 Å². The summed E-state index contributed by atoms with van der Waals surface area (Å²) in [5.74, 6) is 0. The number of benzene rings is 8. The molecule has 0 saturated heterocycles. The number of rotatable bonds is 3. The quantitative estimate of drug-likeness (QED) is 0.162. The molecule has 232 valence electrons. The van der Waals surface area contributed by atoms with Gasteiger partial charge < -0.3 is 0 Å². The van der Waals surface area contributed by atoms with Crippen LogP contribution in [0.3, 0.4) is 0 Å². The Morgan fingerprint density at radius 3 is 1.41 bits per heavy atom. The topological polar surface area (TPSA) is 0 Å². The van der Waals surface area contributed by atoms with E-state index in [0.717, 1.165) is 0 Å². The molecule has 0 N–H and O–H groups in total. The van der Waals surface area contributed by atoms with E-state index in [1.165, 1.54) is 130 Å². The van der Waals surface area contributed by atoms with Crippen LogP contribution in [0.5, 0.6) is 0 Å². The van der Waals surface area contributed by atoms with E-state index in [4.69, 9.17) is 0 Å². The van der Waals surface area contributed by atoms with Gasteiger partial charge in [0.05, 0.1) is 0 Å². The maximum atomic E-state index is 2.42. The first-order chi connectivity index (χ1) is 24.7. The lowest BCUT2D eigenvalue weighted by Crippen LogP contribution is -2.50. The van der Waals surface area contributed by atoms with Crippen molar-refractivity contribution in [2.24, 2.45) is 0 Å². The summed E-state index contributed by atoms with van der Waals surface area (Å²) in [6.07, 6.45) is 0. The predicted octanol–water partition coefficient (Wildman–Crippen LogP) is -1.42. The van der Waals surface area contributed by atoms with Crippen LogP contribution < -0.4 is 43.7 Å². The van der Waals surface area contributed by atoms with Gasteiger partial charge in [-0.1, -0.05) is 113 Å². The Bertz CT molecular complexity index is 2860. The zero-order valence-electron chi connectivity index (χ0n) is 30.8. The highest BCUT2D eigenvalue weighted by Crippen LogP contribution is 2.43. The van der Waals surface area contributed by atoms with Gasteiger partial charge in [-0.2, -0.15) is 0 Å². The summed E-state index contributed by atoms with van der Waals surface area (Å²) >= 11 is 1.88. The van der Waals surface area contributed by atoms with Crippen molar-refractivity contribution in [2.45, 2.75) is 0 Å². The normalized spacial score (nSPS) is 11.8. The third-order valence-corrected chi connectivity index (χ3v) is 13.4. The SMILES string of the molecule is Bc1c(B)c(B)c2c(-c3ccc4ccccc4c3)c3c(B)c(B)c(B)c(B)c3c(-c3ccc(-c4cccc5sc6ccccc6c45)cc3)c2c1B. The highest BCUT2D eigenvalue weighted by molar-refractivity contribution is 7.26. The van der Waals surface area contributed by atoms with Crippen molar-refractivity contribution in [1.29, 1.82) is 0 Å². The highest BCUT2D eigenvalue weighted by Gasteiger charge is 2.25. The molecule has 0 fully saturated rings. The summed E-state index contributed by atoms with van der Waals surface area (Å²) in [7, 11) is 18.7. The summed E-state index contributed by atoms with van der Waals surface area (Å²) in [5.41, 5.74) is 18.9. The first kappa shape index (κ1) is 32.2. The number of thiophene rings is 1. The molecule has 0 saturated carbocycles. The summed E-state index contributed by atoms with van der Waals surface area (Å²) in [5, 5.41) is 10.8. The van der Waals surface area contributed by atoms with Crippen LogP contribution in [0.4, 0.5) is 0 Å². The molecule has 9 rings (SSSR count). The smallest absolute Gasteiger partial charge is 0.135 e. The minimum atomic E-state index is 1.26. The van der Waals surface area contributed by atoms with Gasteiger partial charge in [0.1, 0.15) is 62.8 Å². The Hall–Kier alpha value is -4.72. The van der Waals surface area contributed by atoms with Gasteiger partial charge in [-0.15, -0.1) is 33.2 Å². The Labute approximate surface area is 311 Å². The molecule has 9 aromatic rings. The van der Waals surface area contributed by atoms with Crippen LogP contribution in [-0.4, -0.2) is 62.8 Å². The van der Waals surface area contributed by atoms with E-state index in [1.807, 2.05) is 11.3 Å². The fourth-order valence-electron chi connectivity index (χ4n) is 8.88. The molecule has 1 aromatic heterocycles. The van der Waals surface area contributed by atoms with Gasteiger partial charge in [0.15, 0.2) is 0 Å². The number of hydrogen-bond acceptors (Lipinski definition) is 1. The second-order valence-corrected chi connectivity index (χ2v) is 15.7. The van der Waals surface area contributed by atoms with Crippen LogP contribution >= 0.6 is 11.3 Å². The maximum Gasteiger partial charge on any atom is 0.139 e. The van der Waals surface area contributed by atoms with Crippen LogP contribution in [0.15, 0.2) is 109 Å². The molecule has 0 aliphatic rings. The lowest BCUT2D eigenvalue weighted by molar-refractivity contribution is 1.66. The fraction of sp³-hybridized carbons (Fsp3) is 0. The summed E-state index contributed by atoms with van der Waals surface area (Å²) in [4.78, 5) is 0. The van der Waals surface area contributed by atoms with Crippen molar-refractivity contribution >= 4 is 170 Å². The predicted molar refractivity (Wildman–Crippen MR) is 254 cm³/mol. The molecule has 0 aliphatic heterocycles. The largest absolute Gasteiger partial charge is 0.139 e. The van der Waals surface area contributed by atoms with Gasteiger partial charge in [-0.25, -0.2) is 0 Å². The Morgan fingerprint density at radius 2 is 0.804 bits per heavy atom. The second kappa shape index (κ2) is 11.9. The van der Waals surface area contributed by atoms with Gasteiger partial charge in [-0.05, 0) is 83.9 Å².